The number of halogens is 1. The van der Waals surface area contributed by atoms with Gasteiger partial charge in [0.2, 0.25) is 0 Å². The second-order valence-electron chi connectivity index (χ2n) is 3.27. The Kier molecular flexibility index (Phi) is 4.75. The molecule has 0 spiro atoms. The Labute approximate surface area is 93.3 Å². The third kappa shape index (κ3) is 3.30. The monoisotopic (exact) mass is 228 g/mol. The van der Waals surface area contributed by atoms with E-state index in [0.29, 0.717) is 23.4 Å². The van der Waals surface area contributed by atoms with Crippen molar-refractivity contribution in [1.82, 2.24) is 0 Å². The number of benzene rings is 1. The van der Waals surface area contributed by atoms with Crippen LogP contribution in [0.3, 0.4) is 0 Å². The number of carbonyl (C=O) groups is 1. The summed E-state index contributed by atoms with van der Waals surface area (Å²) in [5, 5.41) is 19.2. The van der Waals surface area contributed by atoms with Crippen molar-refractivity contribution in [2.75, 3.05) is 5.88 Å². The van der Waals surface area contributed by atoms with Crippen LogP contribution in [0.2, 0.25) is 0 Å². The van der Waals surface area contributed by atoms with Crippen LogP contribution in [0.25, 0.3) is 0 Å². The molecule has 0 saturated carbocycles. The van der Waals surface area contributed by atoms with Crippen LogP contribution >= 0.6 is 11.6 Å². The van der Waals surface area contributed by atoms with Gasteiger partial charge in [0.05, 0.1) is 6.10 Å². The first-order valence-corrected chi connectivity index (χ1v) is 5.19. The summed E-state index contributed by atoms with van der Waals surface area (Å²) in [4.78, 5) is 10.4. The van der Waals surface area contributed by atoms with Gasteiger partial charge in [0.1, 0.15) is 12.4 Å². The van der Waals surface area contributed by atoms with Crippen LogP contribution in [0.5, 0.6) is 0 Å². The van der Waals surface area contributed by atoms with Gasteiger partial charge >= 0.3 is 0 Å². The highest BCUT2D eigenvalue weighted by molar-refractivity contribution is 6.17. The Morgan fingerprint density at radius 2 is 1.87 bits per heavy atom. The topological polar surface area (TPSA) is 57.5 Å². The first-order valence-electron chi connectivity index (χ1n) is 4.66. The van der Waals surface area contributed by atoms with Crippen molar-refractivity contribution in [2.24, 2.45) is 0 Å². The molecular formula is C11H13ClO3. The van der Waals surface area contributed by atoms with E-state index in [1.54, 1.807) is 24.3 Å². The fourth-order valence-electron chi connectivity index (χ4n) is 1.26. The number of alkyl halides is 1. The minimum Gasteiger partial charge on any atom is -0.390 e. The second-order valence-corrected chi connectivity index (χ2v) is 3.65. The predicted molar refractivity (Wildman–Crippen MR) is 58.1 cm³/mol. The van der Waals surface area contributed by atoms with Crippen LogP contribution in [0.4, 0.5) is 0 Å². The van der Waals surface area contributed by atoms with Crippen LogP contribution in [0.1, 0.15) is 28.4 Å². The molecule has 2 unspecified atom stereocenters. The highest BCUT2D eigenvalue weighted by atomic mass is 35.5. The van der Waals surface area contributed by atoms with E-state index >= 15 is 0 Å². The normalized spacial score (nSPS) is 14.6. The van der Waals surface area contributed by atoms with Crippen LogP contribution in [-0.4, -0.2) is 28.5 Å². The molecule has 0 amide bonds. The number of aliphatic hydroxyl groups is 2. The fraction of sp³-hybridized carbons (Fsp3) is 0.364. The minimum atomic E-state index is -0.954. The highest BCUT2D eigenvalue weighted by Crippen LogP contribution is 2.19. The van der Waals surface area contributed by atoms with Crippen molar-refractivity contribution in [3.8, 4) is 0 Å². The average Bonchev–Trinajstić information content (AvgIpc) is 2.28. The van der Waals surface area contributed by atoms with Crippen LogP contribution in [-0.2, 0) is 0 Å². The first kappa shape index (κ1) is 12.2. The fourth-order valence-corrected chi connectivity index (χ4v) is 1.49. The van der Waals surface area contributed by atoms with Gasteiger partial charge in [-0.15, -0.1) is 11.6 Å². The number of hydrogen-bond donors (Lipinski definition) is 2. The molecule has 3 nitrogen and oxygen atoms in total. The number of aldehydes is 1. The lowest BCUT2D eigenvalue weighted by molar-refractivity contribution is 0.0170. The van der Waals surface area contributed by atoms with Crippen LogP contribution in [0, 0.1) is 0 Å². The third-order valence-corrected chi connectivity index (χ3v) is 2.40. The zero-order chi connectivity index (χ0) is 11.3. The molecule has 82 valence electrons. The van der Waals surface area contributed by atoms with E-state index in [9.17, 15) is 15.0 Å². The summed E-state index contributed by atoms with van der Waals surface area (Å²) < 4.78 is 0. The molecule has 1 rings (SSSR count). The lowest BCUT2D eigenvalue weighted by Gasteiger charge is -2.16. The maximum absolute atomic E-state index is 10.4. The molecule has 0 aromatic heterocycles. The number of aliphatic hydroxyl groups excluding tert-OH is 2. The van der Waals surface area contributed by atoms with Gasteiger partial charge in [-0.1, -0.05) is 24.3 Å². The van der Waals surface area contributed by atoms with E-state index in [2.05, 4.69) is 0 Å². The molecule has 0 aliphatic carbocycles. The van der Waals surface area contributed by atoms with Crippen molar-refractivity contribution < 1.29 is 15.0 Å². The third-order valence-electron chi connectivity index (χ3n) is 2.18. The average molecular weight is 229 g/mol. The van der Waals surface area contributed by atoms with Gasteiger partial charge in [0.15, 0.2) is 0 Å². The molecular weight excluding hydrogens is 216 g/mol. The Morgan fingerprint density at radius 3 is 2.33 bits per heavy atom. The maximum atomic E-state index is 10.4. The first-order chi connectivity index (χ1) is 7.19. The van der Waals surface area contributed by atoms with Gasteiger partial charge in [0, 0.05) is 11.4 Å². The summed E-state index contributed by atoms with van der Waals surface area (Å²) in [6.45, 7) is 0. The molecule has 2 N–H and O–H groups in total. The van der Waals surface area contributed by atoms with Gasteiger partial charge in [0.25, 0.3) is 0 Å². The largest absolute Gasteiger partial charge is 0.390 e. The van der Waals surface area contributed by atoms with Gasteiger partial charge in [-0.3, -0.25) is 4.79 Å². The Bertz CT molecular complexity index is 310. The molecule has 2 atom stereocenters. The quantitative estimate of drug-likeness (QED) is 0.594. The maximum Gasteiger partial charge on any atom is 0.150 e. The molecule has 0 radical (unpaired) electrons. The number of carbonyl (C=O) groups excluding carboxylic acids is 1. The van der Waals surface area contributed by atoms with Crippen molar-refractivity contribution in [3.63, 3.8) is 0 Å². The Hall–Kier alpha value is -0.900. The predicted octanol–water partition coefficient (Wildman–Crippen LogP) is 1.52. The van der Waals surface area contributed by atoms with Gasteiger partial charge in [-0.05, 0) is 12.0 Å². The molecule has 0 saturated heterocycles. The van der Waals surface area contributed by atoms with Crippen molar-refractivity contribution in [3.05, 3.63) is 35.4 Å². The summed E-state index contributed by atoms with van der Waals surface area (Å²) >= 11 is 5.46. The second kappa shape index (κ2) is 5.85. The summed E-state index contributed by atoms with van der Waals surface area (Å²) in [5.74, 6) is 0.296. The molecule has 1 aromatic carbocycles. The Morgan fingerprint density at radius 1 is 1.27 bits per heavy atom. The van der Waals surface area contributed by atoms with E-state index in [1.165, 1.54) is 0 Å². The van der Waals surface area contributed by atoms with E-state index in [0.717, 1.165) is 6.29 Å². The van der Waals surface area contributed by atoms with Crippen molar-refractivity contribution >= 4 is 17.9 Å². The van der Waals surface area contributed by atoms with Crippen LogP contribution < -0.4 is 0 Å². The van der Waals surface area contributed by atoms with Gasteiger partial charge in [-0.25, -0.2) is 0 Å². The van der Waals surface area contributed by atoms with Crippen molar-refractivity contribution in [1.29, 1.82) is 0 Å². The molecule has 0 aliphatic rings. The lowest BCUT2D eigenvalue weighted by atomic mass is 10.0. The summed E-state index contributed by atoms with van der Waals surface area (Å²) in [6, 6.07) is 6.43. The van der Waals surface area contributed by atoms with E-state index in [4.69, 9.17) is 11.6 Å². The van der Waals surface area contributed by atoms with Crippen molar-refractivity contribution in [2.45, 2.75) is 18.6 Å². The van der Waals surface area contributed by atoms with Crippen LogP contribution in [0.15, 0.2) is 24.3 Å². The molecule has 4 heteroatoms. The van der Waals surface area contributed by atoms with E-state index in [-0.39, 0.29) is 0 Å². The van der Waals surface area contributed by atoms with Gasteiger partial charge in [-0.2, -0.15) is 0 Å². The lowest BCUT2D eigenvalue weighted by Crippen LogP contribution is -2.18. The molecule has 0 bridgehead atoms. The number of rotatable bonds is 5. The highest BCUT2D eigenvalue weighted by Gasteiger charge is 2.17. The smallest absolute Gasteiger partial charge is 0.150 e. The summed E-state index contributed by atoms with van der Waals surface area (Å²) in [6.07, 6.45) is -0.766. The number of hydrogen-bond acceptors (Lipinski definition) is 3. The molecule has 0 aliphatic heterocycles. The van der Waals surface area contributed by atoms with Gasteiger partial charge < -0.3 is 10.2 Å². The van der Waals surface area contributed by atoms with E-state index < -0.39 is 12.2 Å². The van der Waals surface area contributed by atoms with E-state index in [1.807, 2.05) is 0 Å². The molecule has 0 fully saturated rings. The standard InChI is InChI=1S/C11H13ClO3/c12-6-5-10(14)11(15)9-3-1-8(7-13)2-4-9/h1-4,7,10-11,14-15H,5-6H2. The minimum absolute atomic E-state index is 0.296. The summed E-state index contributed by atoms with van der Waals surface area (Å²) in [7, 11) is 0. The zero-order valence-electron chi connectivity index (χ0n) is 8.14. The summed E-state index contributed by atoms with van der Waals surface area (Å²) in [5.41, 5.74) is 1.12. The zero-order valence-corrected chi connectivity index (χ0v) is 8.89. The molecule has 15 heavy (non-hydrogen) atoms. The SMILES string of the molecule is O=Cc1ccc(C(O)C(O)CCCl)cc1. The molecule has 0 heterocycles. The Balaban J connectivity index is 2.73. The molecule has 1 aromatic rings.